The monoisotopic (exact) mass is 376 g/mol. The molecule has 0 spiro atoms. The fraction of sp³-hybridized carbons (Fsp3) is 0.900. The van der Waals surface area contributed by atoms with Crippen molar-refractivity contribution in [1.29, 1.82) is 0 Å². The Labute approximate surface area is 162 Å². The molecule has 0 amide bonds. The summed E-state index contributed by atoms with van der Waals surface area (Å²) in [6, 6.07) is 0. The highest BCUT2D eigenvalue weighted by Gasteiger charge is 2.15. The summed E-state index contributed by atoms with van der Waals surface area (Å²) in [5.41, 5.74) is 0. The molecule has 1 N–H and O–H groups in total. The van der Waals surface area contributed by atoms with Crippen LogP contribution in [0.5, 0.6) is 0 Å². The molecule has 0 fully saturated rings. The third-order valence-corrected chi connectivity index (χ3v) is 5.77. The van der Waals surface area contributed by atoms with Crippen LogP contribution in [0, 0.1) is 0 Å². The van der Waals surface area contributed by atoms with E-state index < -0.39 is 0 Å². The first-order chi connectivity index (χ1) is 11.4. The molecule has 1 aliphatic rings. The van der Waals surface area contributed by atoms with Crippen molar-refractivity contribution in [3.05, 3.63) is 12.4 Å². The molecular formula is C20H41ClN2S. The maximum absolute atomic E-state index is 2.49. The molecular weight excluding hydrogens is 336 g/mol. The fourth-order valence-corrected chi connectivity index (χ4v) is 4.08. The molecule has 24 heavy (non-hydrogen) atoms. The van der Waals surface area contributed by atoms with Gasteiger partial charge in [0.15, 0.2) is 6.67 Å². The normalized spacial score (nSPS) is 16.6. The molecule has 0 radical (unpaired) electrons. The van der Waals surface area contributed by atoms with E-state index >= 15 is 0 Å². The zero-order chi connectivity index (χ0) is 16.6. The minimum Gasteiger partial charge on any atom is -1.00 e. The lowest BCUT2D eigenvalue weighted by atomic mass is 10.1. The zero-order valence-corrected chi connectivity index (χ0v) is 17.8. The van der Waals surface area contributed by atoms with Gasteiger partial charge in [0.25, 0.3) is 0 Å². The van der Waals surface area contributed by atoms with Gasteiger partial charge in [-0.3, -0.25) is 4.90 Å². The number of hydrogen-bond acceptors (Lipinski definition) is 2. The number of nitrogens with one attached hydrogen (secondary N) is 1. The summed E-state index contributed by atoms with van der Waals surface area (Å²) in [5, 5.41) is 0. The summed E-state index contributed by atoms with van der Waals surface area (Å²) >= 11 is 2.11. The number of rotatable bonds is 16. The summed E-state index contributed by atoms with van der Waals surface area (Å²) in [6.45, 7) is 7.09. The minimum absolute atomic E-state index is 0. The Morgan fingerprint density at radius 2 is 1.42 bits per heavy atom. The lowest BCUT2D eigenvalue weighted by molar-refractivity contribution is -0.849. The fourth-order valence-electron chi connectivity index (χ4n) is 3.13. The van der Waals surface area contributed by atoms with Crippen LogP contribution < -0.4 is 17.3 Å². The average Bonchev–Trinajstić information content (AvgIpc) is 3.01. The molecule has 4 heteroatoms. The molecule has 1 aliphatic heterocycles. The highest BCUT2D eigenvalue weighted by Crippen LogP contribution is 2.10. The molecule has 1 heterocycles. The van der Waals surface area contributed by atoms with E-state index in [1.165, 1.54) is 102 Å². The number of hydrogen-bond donors (Lipinski definition) is 1. The van der Waals surface area contributed by atoms with Gasteiger partial charge >= 0.3 is 0 Å². The number of quaternary nitrogens is 1. The Balaban J connectivity index is 0.00000529. The SMILES string of the molecule is CCCCCCCCCC[NH+]1C=CN(CSCCCCCC)C1.[Cl-]. The van der Waals surface area contributed by atoms with Crippen LogP contribution in [0.4, 0.5) is 0 Å². The molecule has 0 saturated heterocycles. The minimum atomic E-state index is 0. The number of thioether (sulfide) groups is 1. The Bertz CT molecular complexity index is 287. The van der Waals surface area contributed by atoms with Gasteiger partial charge in [0, 0.05) is 0 Å². The van der Waals surface area contributed by atoms with Crippen molar-refractivity contribution in [2.75, 3.05) is 24.8 Å². The molecule has 0 bridgehead atoms. The number of nitrogens with zero attached hydrogens (tertiary/aromatic N) is 1. The van der Waals surface area contributed by atoms with E-state index in [0.717, 1.165) is 0 Å². The molecule has 1 rings (SSSR count). The van der Waals surface area contributed by atoms with Crippen LogP contribution in [-0.4, -0.2) is 29.7 Å². The van der Waals surface area contributed by atoms with Crippen molar-refractivity contribution in [2.24, 2.45) is 0 Å². The van der Waals surface area contributed by atoms with Crippen molar-refractivity contribution in [3.63, 3.8) is 0 Å². The predicted octanol–water partition coefficient (Wildman–Crippen LogP) is 2.03. The molecule has 0 aliphatic carbocycles. The lowest BCUT2D eigenvalue weighted by Gasteiger charge is -2.16. The Morgan fingerprint density at radius 1 is 0.833 bits per heavy atom. The van der Waals surface area contributed by atoms with E-state index in [2.05, 4.69) is 42.9 Å². The summed E-state index contributed by atoms with van der Waals surface area (Å²) in [7, 11) is 0. The van der Waals surface area contributed by atoms with Crippen molar-refractivity contribution in [1.82, 2.24) is 4.90 Å². The van der Waals surface area contributed by atoms with Gasteiger partial charge in [0.05, 0.1) is 18.6 Å². The van der Waals surface area contributed by atoms with Crippen molar-refractivity contribution >= 4 is 11.8 Å². The Kier molecular flexibility index (Phi) is 18.1. The molecule has 1 atom stereocenters. The second-order valence-electron chi connectivity index (χ2n) is 7.04. The summed E-state index contributed by atoms with van der Waals surface area (Å²) in [5.74, 6) is 2.52. The van der Waals surface area contributed by atoms with Crippen molar-refractivity contribution < 1.29 is 17.3 Å². The Morgan fingerprint density at radius 3 is 2.08 bits per heavy atom. The van der Waals surface area contributed by atoms with Crippen LogP contribution in [-0.2, 0) is 0 Å². The van der Waals surface area contributed by atoms with Gasteiger partial charge in [-0.15, -0.1) is 11.8 Å². The lowest BCUT2D eigenvalue weighted by Crippen LogP contribution is -3.07. The van der Waals surface area contributed by atoms with E-state index in [4.69, 9.17) is 0 Å². The maximum Gasteiger partial charge on any atom is 0.157 e. The molecule has 144 valence electrons. The van der Waals surface area contributed by atoms with E-state index in [-0.39, 0.29) is 12.4 Å². The van der Waals surface area contributed by atoms with Gasteiger partial charge in [-0.1, -0.05) is 71.6 Å². The third kappa shape index (κ3) is 13.4. The molecule has 0 aromatic carbocycles. The van der Waals surface area contributed by atoms with Gasteiger partial charge in [0.2, 0.25) is 0 Å². The first-order valence-electron chi connectivity index (χ1n) is 10.2. The molecule has 0 aromatic heterocycles. The van der Waals surface area contributed by atoms with Gasteiger partial charge in [0.1, 0.15) is 6.20 Å². The second kappa shape index (κ2) is 17.9. The van der Waals surface area contributed by atoms with Crippen molar-refractivity contribution in [3.8, 4) is 0 Å². The Hall–Kier alpha value is 0.140. The summed E-state index contributed by atoms with van der Waals surface area (Å²) in [4.78, 5) is 4.15. The summed E-state index contributed by atoms with van der Waals surface area (Å²) < 4.78 is 0. The standard InChI is InChI=1S/C20H40N2S.ClH/c1-3-5-7-9-10-11-12-13-15-21-16-17-22(19-21)20-23-18-14-8-6-4-2;/h16-17H,3-15,18-20H2,1-2H3;1H. The predicted molar refractivity (Wildman–Crippen MR) is 106 cm³/mol. The van der Waals surface area contributed by atoms with Gasteiger partial charge < -0.3 is 17.3 Å². The van der Waals surface area contributed by atoms with E-state index in [0.29, 0.717) is 0 Å². The first kappa shape index (κ1) is 24.1. The van der Waals surface area contributed by atoms with Crippen molar-refractivity contribution in [2.45, 2.75) is 90.9 Å². The molecule has 1 unspecified atom stereocenters. The molecule has 0 saturated carbocycles. The zero-order valence-electron chi connectivity index (χ0n) is 16.2. The topological polar surface area (TPSA) is 7.68 Å². The smallest absolute Gasteiger partial charge is 0.157 e. The van der Waals surface area contributed by atoms with Crippen LogP contribution >= 0.6 is 11.8 Å². The maximum atomic E-state index is 2.49. The number of halogens is 1. The average molecular weight is 377 g/mol. The van der Waals surface area contributed by atoms with Crippen LogP contribution in [0.1, 0.15) is 90.9 Å². The van der Waals surface area contributed by atoms with E-state index in [1.807, 2.05) is 0 Å². The molecule has 2 nitrogen and oxygen atoms in total. The van der Waals surface area contributed by atoms with Gasteiger partial charge in [-0.2, -0.15) is 0 Å². The van der Waals surface area contributed by atoms with Gasteiger partial charge in [-0.25, -0.2) is 0 Å². The summed E-state index contributed by atoms with van der Waals surface area (Å²) in [6.07, 6.45) is 21.6. The highest BCUT2D eigenvalue weighted by atomic mass is 35.5. The van der Waals surface area contributed by atoms with E-state index in [1.54, 1.807) is 4.90 Å². The van der Waals surface area contributed by atoms with Crippen LogP contribution in [0.3, 0.4) is 0 Å². The quantitative estimate of drug-likeness (QED) is 0.412. The molecule has 0 aromatic rings. The number of unbranched alkanes of at least 4 members (excludes halogenated alkanes) is 10. The van der Waals surface area contributed by atoms with Crippen LogP contribution in [0.2, 0.25) is 0 Å². The van der Waals surface area contributed by atoms with Crippen LogP contribution in [0.25, 0.3) is 0 Å². The largest absolute Gasteiger partial charge is 1.00 e. The first-order valence-corrected chi connectivity index (χ1v) is 11.4. The van der Waals surface area contributed by atoms with E-state index in [9.17, 15) is 0 Å². The van der Waals surface area contributed by atoms with Gasteiger partial charge in [-0.05, 0) is 25.0 Å². The highest BCUT2D eigenvalue weighted by molar-refractivity contribution is 7.99. The van der Waals surface area contributed by atoms with Crippen LogP contribution in [0.15, 0.2) is 12.4 Å². The third-order valence-electron chi connectivity index (χ3n) is 4.68. The second-order valence-corrected chi connectivity index (χ2v) is 8.12.